The molecule has 2 heterocycles. The Hall–Kier alpha value is -2.21. The van der Waals surface area contributed by atoms with Crippen molar-refractivity contribution in [3.8, 4) is 0 Å². The zero-order chi connectivity index (χ0) is 15.5. The maximum atomic E-state index is 12.5. The van der Waals surface area contributed by atoms with Crippen molar-refractivity contribution in [3.63, 3.8) is 0 Å². The summed E-state index contributed by atoms with van der Waals surface area (Å²) in [6.45, 7) is 3.67. The van der Waals surface area contributed by atoms with Crippen LogP contribution in [-0.2, 0) is 11.3 Å². The van der Waals surface area contributed by atoms with Gasteiger partial charge in [-0.2, -0.15) is 5.10 Å². The van der Waals surface area contributed by atoms with Gasteiger partial charge in [0.2, 0.25) is 5.43 Å². The minimum Gasteiger partial charge on any atom is -0.376 e. The lowest BCUT2D eigenvalue weighted by Gasteiger charge is -2.12. The van der Waals surface area contributed by atoms with Crippen LogP contribution in [0.15, 0.2) is 29.1 Å². The molecule has 3 rings (SSSR count). The number of hydrogen-bond acceptors (Lipinski definition) is 4. The maximum Gasteiger partial charge on any atom is 0.275 e. The lowest BCUT2D eigenvalue weighted by molar-refractivity contribution is 0.0851. The molecule has 1 aromatic carbocycles. The number of para-hydroxylation sites is 1. The standard InChI is InChI=1S/C16H19N3O3/c1-2-19-13-8-4-3-7-12(13)15(20)14(18-19)16(21)17-10-11-6-5-9-22-11/h3-4,7-8,11H,2,5-6,9-10H2,1H3,(H,17,21). The first kappa shape index (κ1) is 14.7. The number of nitrogens with one attached hydrogen (secondary N) is 1. The van der Waals surface area contributed by atoms with Crippen molar-refractivity contribution in [1.29, 1.82) is 0 Å². The highest BCUT2D eigenvalue weighted by molar-refractivity contribution is 5.95. The second kappa shape index (κ2) is 6.27. The van der Waals surface area contributed by atoms with Crippen LogP contribution < -0.4 is 10.7 Å². The fourth-order valence-corrected chi connectivity index (χ4v) is 2.72. The predicted octanol–water partition coefficient (Wildman–Crippen LogP) is 1.33. The van der Waals surface area contributed by atoms with E-state index in [9.17, 15) is 9.59 Å². The maximum absolute atomic E-state index is 12.5. The lowest BCUT2D eigenvalue weighted by Crippen LogP contribution is -2.36. The van der Waals surface area contributed by atoms with Gasteiger partial charge in [-0.1, -0.05) is 12.1 Å². The number of hydrogen-bond donors (Lipinski definition) is 1. The van der Waals surface area contributed by atoms with E-state index in [1.165, 1.54) is 0 Å². The van der Waals surface area contributed by atoms with Crippen molar-refractivity contribution < 1.29 is 9.53 Å². The van der Waals surface area contributed by atoms with Crippen LogP contribution >= 0.6 is 0 Å². The van der Waals surface area contributed by atoms with Crippen molar-refractivity contribution in [1.82, 2.24) is 15.1 Å². The van der Waals surface area contributed by atoms with E-state index in [1.807, 2.05) is 19.1 Å². The smallest absolute Gasteiger partial charge is 0.275 e. The molecule has 6 nitrogen and oxygen atoms in total. The normalized spacial score (nSPS) is 17.8. The monoisotopic (exact) mass is 301 g/mol. The Kier molecular flexibility index (Phi) is 4.20. The van der Waals surface area contributed by atoms with Gasteiger partial charge in [-0.3, -0.25) is 14.3 Å². The average molecular weight is 301 g/mol. The van der Waals surface area contributed by atoms with Crippen LogP contribution in [0.5, 0.6) is 0 Å². The fourth-order valence-electron chi connectivity index (χ4n) is 2.72. The van der Waals surface area contributed by atoms with E-state index in [-0.39, 0.29) is 17.2 Å². The van der Waals surface area contributed by atoms with E-state index in [2.05, 4.69) is 10.4 Å². The van der Waals surface area contributed by atoms with Crippen LogP contribution in [0, 0.1) is 0 Å². The number of rotatable bonds is 4. The van der Waals surface area contributed by atoms with Crippen molar-refractivity contribution in [3.05, 3.63) is 40.2 Å². The number of aromatic nitrogens is 2. The molecule has 2 aromatic rings. The minimum absolute atomic E-state index is 0.0396. The molecule has 1 N–H and O–H groups in total. The molecule has 6 heteroatoms. The molecule has 0 saturated carbocycles. The molecule has 1 amide bonds. The van der Waals surface area contributed by atoms with E-state index in [1.54, 1.807) is 16.8 Å². The molecular formula is C16H19N3O3. The molecule has 0 radical (unpaired) electrons. The molecule has 1 atom stereocenters. The van der Waals surface area contributed by atoms with Gasteiger partial charge in [0.1, 0.15) is 0 Å². The molecule has 1 aliphatic heterocycles. The van der Waals surface area contributed by atoms with Gasteiger partial charge in [0.15, 0.2) is 5.69 Å². The molecule has 1 unspecified atom stereocenters. The van der Waals surface area contributed by atoms with E-state index in [4.69, 9.17) is 4.74 Å². The minimum atomic E-state index is -0.437. The second-order valence-corrected chi connectivity index (χ2v) is 5.36. The topological polar surface area (TPSA) is 73.2 Å². The summed E-state index contributed by atoms with van der Waals surface area (Å²) in [5, 5.41) is 7.49. The third-order valence-electron chi connectivity index (χ3n) is 3.89. The summed E-state index contributed by atoms with van der Waals surface area (Å²) >= 11 is 0. The first-order chi connectivity index (χ1) is 10.7. The quantitative estimate of drug-likeness (QED) is 0.924. The SMILES string of the molecule is CCn1nc(C(=O)NCC2CCCO2)c(=O)c2ccccc21. The van der Waals surface area contributed by atoms with Crippen LogP contribution in [0.3, 0.4) is 0 Å². The van der Waals surface area contributed by atoms with Crippen molar-refractivity contribution >= 4 is 16.8 Å². The number of fused-ring (bicyclic) bond motifs is 1. The summed E-state index contributed by atoms with van der Waals surface area (Å²) in [5.74, 6) is -0.437. The van der Waals surface area contributed by atoms with Crippen molar-refractivity contribution in [2.75, 3.05) is 13.2 Å². The molecule has 1 aromatic heterocycles. The Balaban J connectivity index is 1.90. The highest BCUT2D eigenvalue weighted by Gasteiger charge is 2.20. The second-order valence-electron chi connectivity index (χ2n) is 5.36. The van der Waals surface area contributed by atoms with E-state index < -0.39 is 5.91 Å². The molecule has 0 bridgehead atoms. The van der Waals surface area contributed by atoms with E-state index >= 15 is 0 Å². The van der Waals surface area contributed by atoms with Crippen LogP contribution in [0.4, 0.5) is 0 Å². The van der Waals surface area contributed by atoms with E-state index in [0.29, 0.717) is 18.5 Å². The van der Waals surface area contributed by atoms with Gasteiger partial charge < -0.3 is 10.1 Å². The lowest BCUT2D eigenvalue weighted by atomic mass is 10.2. The summed E-state index contributed by atoms with van der Waals surface area (Å²) in [6, 6.07) is 7.20. The van der Waals surface area contributed by atoms with Crippen LogP contribution in [0.1, 0.15) is 30.3 Å². The van der Waals surface area contributed by atoms with Crippen molar-refractivity contribution in [2.45, 2.75) is 32.4 Å². The third kappa shape index (κ3) is 2.74. The summed E-state index contributed by atoms with van der Waals surface area (Å²) in [6.07, 6.45) is 1.99. The highest BCUT2D eigenvalue weighted by atomic mass is 16.5. The molecular weight excluding hydrogens is 282 g/mol. The molecule has 1 aliphatic rings. The molecule has 116 valence electrons. The molecule has 1 fully saturated rings. The van der Waals surface area contributed by atoms with Gasteiger partial charge >= 0.3 is 0 Å². The van der Waals surface area contributed by atoms with Crippen LogP contribution in [0.25, 0.3) is 10.9 Å². The summed E-state index contributed by atoms with van der Waals surface area (Å²) in [5.41, 5.74) is 0.356. The number of carbonyl (C=O) groups excluding carboxylic acids is 1. The summed E-state index contributed by atoms with van der Waals surface area (Å²) in [7, 11) is 0. The number of aryl methyl sites for hydroxylation is 1. The summed E-state index contributed by atoms with van der Waals surface area (Å²) in [4.78, 5) is 24.8. The van der Waals surface area contributed by atoms with Gasteiger partial charge in [0, 0.05) is 25.1 Å². The van der Waals surface area contributed by atoms with Crippen LogP contribution in [0.2, 0.25) is 0 Å². The fraction of sp³-hybridized carbons (Fsp3) is 0.438. The van der Waals surface area contributed by atoms with Gasteiger partial charge in [0.05, 0.1) is 11.6 Å². The highest BCUT2D eigenvalue weighted by Crippen LogP contribution is 2.11. The average Bonchev–Trinajstić information content (AvgIpc) is 3.07. The number of nitrogens with zero attached hydrogens (tertiary/aromatic N) is 2. The Morgan fingerprint density at radius 1 is 1.45 bits per heavy atom. The first-order valence-corrected chi connectivity index (χ1v) is 7.60. The Labute approximate surface area is 128 Å². The largest absolute Gasteiger partial charge is 0.376 e. The number of carbonyl (C=O) groups is 1. The molecule has 22 heavy (non-hydrogen) atoms. The zero-order valence-corrected chi connectivity index (χ0v) is 12.5. The number of ether oxygens (including phenoxy) is 1. The predicted molar refractivity (Wildman–Crippen MR) is 83.0 cm³/mol. The Morgan fingerprint density at radius 2 is 2.27 bits per heavy atom. The first-order valence-electron chi connectivity index (χ1n) is 7.60. The Bertz CT molecular complexity index is 748. The number of benzene rings is 1. The van der Waals surface area contributed by atoms with Crippen LogP contribution in [-0.4, -0.2) is 34.9 Å². The van der Waals surface area contributed by atoms with Gasteiger partial charge in [-0.25, -0.2) is 0 Å². The third-order valence-corrected chi connectivity index (χ3v) is 3.89. The van der Waals surface area contributed by atoms with Gasteiger partial charge in [-0.05, 0) is 31.9 Å². The number of amides is 1. The summed E-state index contributed by atoms with van der Waals surface area (Å²) < 4.78 is 7.14. The van der Waals surface area contributed by atoms with Crippen molar-refractivity contribution in [2.24, 2.45) is 0 Å². The Morgan fingerprint density at radius 3 is 3.00 bits per heavy atom. The molecule has 1 saturated heterocycles. The van der Waals surface area contributed by atoms with E-state index in [0.717, 1.165) is 25.0 Å². The van der Waals surface area contributed by atoms with Gasteiger partial charge in [-0.15, -0.1) is 0 Å². The molecule has 0 spiro atoms. The molecule has 0 aliphatic carbocycles. The van der Waals surface area contributed by atoms with Gasteiger partial charge in [0.25, 0.3) is 5.91 Å². The zero-order valence-electron chi connectivity index (χ0n) is 12.5.